The molecule has 1 N–H and O–H groups in total. The molecule has 0 aliphatic rings. The van der Waals surface area contributed by atoms with Crippen molar-refractivity contribution in [2.45, 2.75) is 6.54 Å². The van der Waals surface area contributed by atoms with E-state index in [1.54, 1.807) is 24.7 Å². The van der Waals surface area contributed by atoms with Crippen molar-refractivity contribution in [1.82, 2.24) is 0 Å². The molecule has 1 aromatic heterocycles. The Balaban J connectivity index is 2.02. The first-order valence-corrected chi connectivity index (χ1v) is 5.21. The minimum absolute atomic E-state index is 0.550. The van der Waals surface area contributed by atoms with Gasteiger partial charge in [-0.3, -0.25) is 0 Å². The molecule has 2 nitrogen and oxygen atoms in total. The second kappa shape index (κ2) is 4.60. The SMILES string of the molecule is Clc1ccc(NCc2ccoc2)cc1Cl. The average Bonchev–Trinajstić information content (AvgIpc) is 2.73. The summed E-state index contributed by atoms with van der Waals surface area (Å²) < 4.78 is 4.96. The van der Waals surface area contributed by atoms with Gasteiger partial charge in [0.05, 0.1) is 22.6 Å². The molecule has 0 saturated carbocycles. The van der Waals surface area contributed by atoms with E-state index in [1.807, 2.05) is 12.1 Å². The van der Waals surface area contributed by atoms with Crippen LogP contribution in [-0.2, 0) is 6.54 Å². The number of hydrogen-bond acceptors (Lipinski definition) is 2. The van der Waals surface area contributed by atoms with Gasteiger partial charge in [-0.25, -0.2) is 0 Å². The van der Waals surface area contributed by atoms with E-state index in [4.69, 9.17) is 27.6 Å². The molecule has 4 heteroatoms. The van der Waals surface area contributed by atoms with Gasteiger partial charge in [0.15, 0.2) is 0 Å². The summed E-state index contributed by atoms with van der Waals surface area (Å²) in [7, 11) is 0. The van der Waals surface area contributed by atoms with Crippen molar-refractivity contribution in [3.05, 3.63) is 52.4 Å². The Bertz CT molecular complexity index is 440. The summed E-state index contributed by atoms with van der Waals surface area (Å²) in [5, 5.41) is 4.32. The van der Waals surface area contributed by atoms with Crippen LogP contribution in [0.15, 0.2) is 41.2 Å². The molecule has 0 radical (unpaired) electrons. The number of hydrogen-bond donors (Lipinski definition) is 1. The first-order valence-electron chi connectivity index (χ1n) is 4.46. The van der Waals surface area contributed by atoms with Crippen molar-refractivity contribution in [2.75, 3.05) is 5.32 Å². The molecule has 0 aliphatic heterocycles. The highest BCUT2D eigenvalue weighted by molar-refractivity contribution is 6.42. The summed E-state index contributed by atoms with van der Waals surface area (Å²) in [4.78, 5) is 0. The lowest BCUT2D eigenvalue weighted by Gasteiger charge is -2.05. The lowest BCUT2D eigenvalue weighted by Crippen LogP contribution is -1.97. The Morgan fingerprint density at radius 1 is 1.13 bits per heavy atom. The van der Waals surface area contributed by atoms with E-state index < -0.39 is 0 Å². The van der Waals surface area contributed by atoms with Crippen LogP contribution in [0.25, 0.3) is 0 Å². The molecule has 1 aromatic carbocycles. The summed E-state index contributed by atoms with van der Waals surface area (Å²) in [6.07, 6.45) is 3.34. The van der Waals surface area contributed by atoms with Crippen LogP contribution >= 0.6 is 23.2 Å². The fourth-order valence-electron chi connectivity index (χ4n) is 1.20. The summed E-state index contributed by atoms with van der Waals surface area (Å²) >= 11 is 11.7. The zero-order valence-corrected chi connectivity index (χ0v) is 9.35. The smallest absolute Gasteiger partial charge is 0.0952 e. The highest BCUT2D eigenvalue weighted by atomic mass is 35.5. The lowest BCUT2D eigenvalue weighted by molar-refractivity contribution is 0.564. The Kier molecular flexibility index (Phi) is 3.19. The van der Waals surface area contributed by atoms with Gasteiger partial charge in [-0.2, -0.15) is 0 Å². The van der Waals surface area contributed by atoms with E-state index in [2.05, 4.69) is 5.32 Å². The maximum Gasteiger partial charge on any atom is 0.0952 e. The zero-order chi connectivity index (χ0) is 10.7. The standard InChI is InChI=1S/C11H9Cl2NO/c12-10-2-1-9(5-11(10)13)14-6-8-3-4-15-7-8/h1-5,7,14H,6H2. The van der Waals surface area contributed by atoms with E-state index in [9.17, 15) is 0 Å². The molecule has 0 saturated heterocycles. The Morgan fingerprint density at radius 2 is 2.00 bits per heavy atom. The molecule has 0 fully saturated rings. The van der Waals surface area contributed by atoms with Crippen molar-refractivity contribution in [1.29, 1.82) is 0 Å². The number of benzene rings is 1. The van der Waals surface area contributed by atoms with Gasteiger partial charge in [0, 0.05) is 17.8 Å². The molecule has 2 aromatic rings. The molecular weight excluding hydrogens is 233 g/mol. The van der Waals surface area contributed by atoms with Crippen molar-refractivity contribution in [3.8, 4) is 0 Å². The predicted molar refractivity (Wildman–Crippen MR) is 62.5 cm³/mol. The molecule has 78 valence electrons. The van der Waals surface area contributed by atoms with Crippen molar-refractivity contribution < 1.29 is 4.42 Å². The number of anilines is 1. The van der Waals surface area contributed by atoms with Gasteiger partial charge in [-0.1, -0.05) is 23.2 Å². The first-order chi connectivity index (χ1) is 7.25. The van der Waals surface area contributed by atoms with Crippen molar-refractivity contribution >= 4 is 28.9 Å². The van der Waals surface area contributed by atoms with Crippen LogP contribution in [0.4, 0.5) is 5.69 Å². The summed E-state index contributed by atoms with van der Waals surface area (Å²) in [6.45, 7) is 0.703. The quantitative estimate of drug-likeness (QED) is 0.872. The minimum Gasteiger partial charge on any atom is -0.472 e. The van der Waals surface area contributed by atoms with Crippen LogP contribution in [-0.4, -0.2) is 0 Å². The van der Waals surface area contributed by atoms with Crippen LogP contribution < -0.4 is 5.32 Å². The van der Waals surface area contributed by atoms with Gasteiger partial charge in [-0.15, -0.1) is 0 Å². The van der Waals surface area contributed by atoms with Gasteiger partial charge < -0.3 is 9.73 Å². The Morgan fingerprint density at radius 3 is 2.67 bits per heavy atom. The predicted octanol–water partition coefficient (Wildman–Crippen LogP) is 4.20. The van der Waals surface area contributed by atoms with Crippen molar-refractivity contribution in [3.63, 3.8) is 0 Å². The first kappa shape index (κ1) is 10.4. The Hall–Kier alpha value is -1.12. The second-order valence-electron chi connectivity index (χ2n) is 3.11. The molecule has 0 unspecified atom stereocenters. The lowest BCUT2D eigenvalue weighted by atomic mass is 10.3. The number of rotatable bonds is 3. The monoisotopic (exact) mass is 241 g/mol. The largest absolute Gasteiger partial charge is 0.472 e. The van der Waals surface area contributed by atoms with E-state index >= 15 is 0 Å². The zero-order valence-electron chi connectivity index (χ0n) is 7.84. The summed E-state index contributed by atoms with van der Waals surface area (Å²) in [6, 6.07) is 7.35. The molecule has 0 atom stereocenters. The molecule has 0 bridgehead atoms. The number of halogens is 2. The van der Waals surface area contributed by atoms with E-state index in [0.717, 1.165) is 11.3 Å². The summed E-state index contributed by atoms with van der Waals surface area (Å²) in [5.41, 5.74) is 2.02. The van der Waals surface area contributed by atoms with Crippen LogP contribution in [0.5, 0.6) is 0 Å². The third kappa shape index (κ3) is 2.67. The molecule has 1 heterocycles. The number of furan rings is 1. The van der Waals surface area contributed by atoms with Crippen LogP contribution in [0.2, 0.25) is 10.0 Å². The van der Waals surface area contributed by atoms with Gasteiger partial charge in [-0.05, 0) is 24.3 Å². The van der Waals surface area contributed by atoms with Crippen LogP contribution in [0, 0.1) is 0 Å². The number of nitrogens with one attached hydrogen (secondary N) is 1. The molecule has 2 rings (SSSR count). The van der Waals surface area contributed by atoms with Gasteiger partial charge >= 0.3 is 0 Å². The van der Waals surface area contributed by atoms with Gasteiger partial charge in [0.2, 0.25) is 0 Å². The highest BCUT2D eigenvalue weighted by Crippen LogP contribution is 2.25. The molecule has 0 amide bonds. The topological polar surface area (TPSA) is 25.2 Å². The third-order valence-corrected chi connectivity index (χ3v) is 2.74. The fraction of sp³-hybridized carbons (Fsp3) is 0.0909. The average molecular weight is 242 g/mol. The van der Waals surface area contributed by atoms with Gasteiger partial charge in [0.1, 0.15) is 0 Å². The highest BCUT2D eigenvalue weighted by Gasteiger charge is 1.99. The minimum atomic E-state index is 0.550. The molecule has 15 heavy (non-hydrogen) atoms. The van der Waals surface area contributed by atoms with Crippen molar-refractivity contribution in [2.24, 2.45) is 0 Å². The van der Waals surface area contributed by atoms with E-state index in [1.165, 1.54) is 0 Å². The fourth-order valence-corrected chi connectivity index (χ4v) is 1.50. The van der Waals surface area contributed by atoms with Crippen LogP contribution in [0.1, 0.15) is 5.56 Å². The maximum absolute atomic E-state index is 5.88. The van der Waals surface area contributed by atoms with Gasteiger partial charge in [0.25, 0.3) is 0 Å². The van der Waals surface area contributed by atoms with E-state index in [-0.39, 0.29) is 0 Å². The molecule has 0 aliphatic carbocycles. The van der Waals surface area contributed by atoms with E-state index in [0.29, 0.717) is 16.6 Å². The van der Waals surface area contributed by atoms with Crippen LogP contribution in [0.3, 0.4) is 0 Å². The molecule has 0 spiro atoms. The Labute approximate surface area is 97.8 Å². The summed E-state index contributed by atoms with van der Waals surface area (Å²) in [5.74, 6) is 0. The molecular formula is C11H9Cl2NO. The second-order valence-corrected chi connectivity index (χ2v) is 3.93. The maximum atomic E-state index is 5.88. The third-order valence-electron chi connectivity index (χ3n) is 2.00. The normalized spacial score (nSPS) is 10.3.